The SMILES string of the molecule is CCOc1cccc(C2C3=CCn4c(=O)n(C)c(=O)n4C3CC3C(=O)N(c4cccc(Cl)c4)C(=O)C32c2ccccc2)c1O. The van der Waals surface area contributed by atoms with Crippen molar-refractivity contribution in [3.05, 3.63) is 122 Å². The molecule has 1 aromatic heterocycles. The standard InChI is InChI=1S/C33H29ClN4O6/c1-3-44-26-14-8-13-23(28(26)39)27-22-15-16-36-31(42)35(2)32(43)38(36)25(22)18-24-29(40)37(21-12-7-11-20(34)17-21)30(41)33(24,27)19-9-5-4-6-10-19/h4-15,17,24-25,27,39H,3,16,18H2,1-2H3. The van der Waals surface area contributed by atoms with E-state index in [4.69, 9.17) is 16.3 Å². The van der Waals surface area contributed by atoms with E-state index in [0.29, 0.717) is 34.0 Å². The summed E-state index contributed by atoms with van der Waals surface area (Å²) in [7, 11) is 1.42. The molecule has 3 aromatic carbocycles. The Balaban J connectivity index is 1.57. The Morgan fingerprint density at radius 1 is 0.977 bits per heavy atom. The molecule has 7 rings (SSSR count). The molecule has 3 aliphatic rings. The minimum absolute atomic E-state index is 0.0775. The molecular formula is C33H29ClN4O6. The van der Waals surface area contributed by atoms with Crippen LogP contribution in [-0.4, -0.2) is 37.5 Å². The van der Waals surface area contributed by atoms with E-state index >= 15 is 4.79 Å². The van der Waals surface area contributed by atoms with Gasteiger partial charge in [0, 0.05) is 23.6 Å². The fourth-order valence-electron chi connectivity index (χ4n) is 7.50. The molecular weight excluding hydrogens is 584 g/mol. The largest absolute Gasteiger partial charge is 0.504 e. The first kappa shape index (κ1) is 28.0. The summed E-state index contributed by atoms with van der Waals surface area (Å²) in [5.74, 6) is -2.69. The smallest absolute Gasteiger partial charge is 0.347 e. The second-order valence-corrected chi connectivity index (χ2v) is 11.7. The fraction of sp³-hybridized carbons (Fsp3) is 0.273. The van der Waals surface area contributed by atoms with Crippen LogP contribution in [-0.2, 0) is 28.6 Å². The Hall–Kier alpha value is -4.83. The lowest BCUT2D eigenvalue weighted by Crippen LogP contribution is -2.53. The van der Waals surface area contributed by atoms with E-state index in [1.54, 1.807) is 49.4 Å². The van der Waals surface area contributed by atoms with Gasteiger partial charge in [-0.1, -0.05) is 66.2 Å². The van der Waals surface area contributed by atoms with Crippen molar-refractivity contribution in [3.8, 4) is 11.5 Å². The number of aromatic hydroxyl groups is 1. The molecule has 2 aliphatic heterocycles. The Morgan fingerprint density at radius 2 is 1.73 bits per heavy atom. The lowest BCUT2D eigenvalue weighted by atomic mass is 9.53. The van der Waals surface area contributed by atoms with Crippen LogP contribution >= 0.6 is 11.6 Å². The first-order valence-electron chi connectivity index (χ1n) is 14.4. The lowest BCUT2D eigenvalue weighted by molar-refractivity contribution is -0.124. The van der Waals surface area contributed by atoms with Crippen LogP contribution in [0.15, 0.2) is 94.0 Å². The number of amides is 2. The number of allylic oxidation sites excluding steroid dienone is 2. The van der Waals surface area contributed by atoms with E-state index in [1.165, 1.54) is 21.3 Å². The Morgan fingerprint density at radius 3 is 2.45 bits per heavy atom. The molecule has 44 heavy (non-hydrogen) atoms. The Labute approximate surface area is 257 Å². The summed E-state index contributed by atoms with van der Waals surface area (Å²) in [5.41, 5.74) is -0.530. The number of ether oxygens (including phenoxy) is 1. The summed E-state index contributed by atoms with van der Waals surface area (Å²) in [6, 6.07) is 20.1. The number of hydrogen-bond acceptors (Lipinski definition) is 6. The van der Waals surface area contributed by atoms with E-state index < -0.39 is 46.5 Å². The number of aromatic nitrogens is 3. The van der Waals surface area contributed by atoms with Crippen molar-refractivity contribution in [2.45, 2.75) is 37.3 Å². The first-order chi connectivity index (χ1) is 21.2. The van der Waals surface area contributed by atoms with Gasteiger partial charge in [0.05, 0.1) is 36.2 Å². The highest BCUT2D eigenvalue weighted by Crippen LogP contribution is 2.63. The normalized spacial score (nSPS) is 24.0. The highest BCUT2D eigenvalue weighted by molar-refractivity contribution is 6.32. The topological polar surface area (TPSA) is 116 Å². The summed E-state index contributed by atoms with van der Waals surface area (Å²) in [5, 5.41) is 12.1. The van der Waals surface area contributed by atoms with Gasteiger partial charge in [0.2, 0.25) is 11.8 Å². The quantitative estimate of drug-likeness (QED) is 0.270. The maximum atomic E-state index is 15.1. The average molecular weight is 613 g/mol. The maximum Gasteiger partial charge on any atom is 0.347 e. The van der Waals surface area contributed by atoms with Gasteiger partial charge in [0.15, 0.2) is 11.5 Å². The van der Waals surface area contributed by atoms with Gasteiger partial charge < -0.3 is 9.84 Å². The number of benzene rings is 3. The third-order valence-corrected chi connectivity index (χ3v) is 9.50. The molecule has 3 heterocycles. The van der Waals surface area contributed by atoms with E-state index in [0.717, 1.165) is 4.57 Å². The zero-order valence-electron chi connectivity index (χ0n) is 24.0. The number of nitrogens with zero attached hydrogens (tertiary/aromatic N) is 4. The molecule has 2 amide bonds. The summed E-state index contributed by atoms with van der Waals surface area (Å²) < 4.78 is 9.54. The van der Waals surface area contributed by atoms with E-state index in [2.05, 4.69) is 0 Å². The minimum Gasteiger partial charge on any atom is -0.504 e. The molecule has 0 spiro atoms. The predicted octanol–water partition coefficient (Wildman–Crippen LogP) is 3.90. The van der Waals surface area contributed by atoms with Crippen LogP contribution in [0.5, 0.6) is 11.5 Å². The molecule has 1 N–H and O–H groups in total. The number of hydrogen-bond donors (Lipinski definition) is 1. The van der Waals surface area contributed by atoms with Crippen LogP contribution < -0.4 is 21.0 Å². The van der Waals surface area contributed by atoms with Crippen molar-refractivity contribution in [2.75, 3.05) is 11.5 Å². The highest BCUT2D eigenvalue weighted by atomic mass is 35.5. The third kappa shape index (κ3) is 3.67. The second-order valence-electron chi connectivity index (χ2n) is 11.3. The third-order valence-electron chi connectivity index (χ3n) is 9.26. The molecule has 4 atom stereocenters. The molecule has 4 aromatic rings. The van der Waals surface area contributed by atoms with Crippen molar-refractivity contribution in [2.24, 2.45) is 13.0 Å². The van der Waals surface area contributed by atoms with Crippen LogP contribution in [0.2, 0.25) is 5.02 Å². The molecule has 1 saturated carbocycles. The van der Waals surface area contributed by atoms with Crippen LogP contribution in [0.4, 0.5) is 5.69 Å². The fourth-order valence-corrected chi connectivity index (χ4v) is 7.69. The molecule has 0 radical (unpaired) electrons. The molecule has 1 saturated heterocycles. The monoisotopic (exact) mass is 612 g/mol. The van der Waals surface area contributed by atoms with Crippen molar-refractivity contribution in [1.82, 2.24) is 13.9 Å². The minimum atomic E-state index is -1.51. The molecule has 10 nitrogen and oxygen atoms in total. The van der Waals surface area contributed by atoms with Crippen LogP contribution in [0.1, 0.15) is 36.4 Å². The Bertz CT molecular complexity index is 1990. The van der Waals surface area contributed by atoms with Crippen LogP contribution in [0.3, 0.4) is 0 Å². The molecule has 4 unspecified atom stereocenters. The van der Waals surface area contributed by atoms with Crippen molar-refractivity contribution in [3.63, 3.8) is 0 Å². The number of imide groups is 1. The maximum absolute atomic E-state index is 15.1. The summed E-state index contributed by atoms with van der Waals surface area (Å²) in [6.07, 6.45) is 1.93. The zero-order valence-corrected chi connectivity index (χ0v) is 24.8. The van der Waals surface area contributed by atoms with Gasteiger partial charge in [-0.3, -0.25) is 9.59 Å². The number of fused-ring (bicyclic) bond motifs is 4. The number of para-hydroxylation sites is 1. The number of carbonyl (C=O) groups excluding carboxylic acids is 2. The molecule has 2 fully saturated rings. The summed E-state index contributed by atoms with van der Waals surface area (Å²) in [4.78, 5) is 57.4. The van der Waals surface area contributed by atoms with Gasteiger partial charge >= 0.3 is 11.4 Å². The van der Waals surface area contributed by atoms with Crippen LogP contribution in [0, 0.1) is 5.92 Å². The number of rotatable bonds is 5. The summed E-state index contributed by atoms with van der Waals surface area (Å²) in [6.45, 7) is 2.18. The number of carbonyl (C=O) groups is 2. The van der Waals surface area contributed by atoms with Crippen LogP contribution in [0.25, 0.3) is 0 Å². The first-order valence-corrected chi connectivity index (χ1v) is 14.8. The Kier molecular flexibility index (Phi) is 6.44. The average Bonchev–Trinajstić information content (AvgIpc) is 3.39. The van der Waals surface area contributed by atoms with E-state index in [-0.39, 0.29) is 24.5 Å². The predicted molar refractivity (Wildman–Crippen MR) is 163 cm³/mol. The van der Waals surface area contributed by atoms with Gasteiger partial charge in [-0.05, 0) is 48.7 Å². The second kappa shape index (κ2) is 10.1. The highest BCUT2D eigenvalue weighted by Gasteiger charge is 2.69. The van der Waals surface area contributed by atoms with E-state index in [9.17, 15) is 19.5 Å². The van der Waals surface area contributed by atoms with Crippen molar-refractivity contribution in [1.29, 1.82) is 0 Å². The van der Waals surface area contributed by atoms with Gasteiger partial charge in [-0.25, -0.2) is 28.4 Å². The summed E-state index contributed by atoms with van der Waals surface area (Å²) >= 11 is 6.33. The van der Waals surface area contributed by atoms with Gasteiger partial charge in [-0.15, -0.1) is 0 Å². The van der Waals surface area contributed by atoms with Crippen molar-refractivity contribution < 1.29 is 19.4 Å². The number of halogens is 1. The molecule has 1 aliphatic carbocycles. The van der Waals surface area contributed by atoms with Gasteiger partial charge in [0.1, 0.15) is 0 Å². The molecule has 11 heteroatoms. The number of anilines is 1. The van der Waals surface area contributed by atoms with Gasteiger partial charge in [0.25, 0.3) is 0 Å². The number of phenols is 1. The van der Waals surface area contributed by atoms with E-state index in [1.807, 2.05) is 36.4 Å². The van der Waals surface area contributed by atoms with Gasteiger partial charge in [-0.2, -0.15) is 0 Å². The van der Waals surface area contributed by atoms with Crippen molar-refractivity contribution >= 4 is 29.1 Å². The zero-order chi connectivity index (χ0) is 30.9. The number of phenolic OH excluding ortho intramolecular Hbond substituents is 1. The lowest BCUT2D eigenvalue weighted by Gasteiger charge is -2.49. The molecule has 0 bridgehead atoms. The molecule has 224 valence electrons.